The third kappa shape index (κ3) is 3.99. The number of nitrogens with zero attached hydrogens (tertiary/aromatic N) is 2. The van der Waals surface area contributed by atoms with Crippen molar-refractivity contribution >= 4 is 11.9 Å². The van der Waals surface area contributed by atoms with E-state index >= 15 is 0 Å². The van der Waals surface area contributed by atoms with E-state index in [0.29, 0.717) is 30.4 Å². The molecular formula is C22H26N2O5. The van der Waals surface area contributed by atoms with Crippen molar-refractivity contribution in [2.24, 2.45) is 5.92 Å². The number of carbonyl (C=O) groups is 2. The van der Waals surface area contributed by atoms with Crippen LogP contribution in [0.4, 0.5) is 0 Å². The maximum Gasteiger partial charge on any atom is 0.326 e. The number of rotatable bonds is 6. The zero-order chi connectivity index (χ0) is 20.4. The van der Waals surface area contributed by atoms with Gasteiger partial charge in [0.15, 0.2) is 11.7 Å². The van der Waals surface area contributed by atoms with E-state index in [0.717, 1.165) is 37.0 Å². The first-order valence-electron chi connectivity index (χ1n) is 10.2. The Labute approximate surface area is 169 Å². The molecule has 0 unspecified atom stereocenters. The fourth-order valence-electron chi connectivity index (χ4n) is 4.70. The second-order valence-corrected chi connectivity index (χ2v) is 7.85. The lowest BCUT2D eigenvalue weighted by molar-refractivity contribution is -0.149. The smallest absolute Gasteiger partial charge is 0.326 e. The van der Waals surface area contributed by atoms with Crippen LogP contribution in [0.15, 0.2) is 34.9 Å². The summed E-state index contributed by atoms with van der Waals surface area (Å²) in [5.41, 5.74) is 0.881. The summed E-state index contributed by atoms with van der Waals surface area (Å²) in [6.07, 6.45) is 6.89. The number of carboxylic acids is 1. The molecule has 1 N–H and O–H groups in total. The lowest BCUT2D eigenvalue weighted by Crippen LogP contribution is -2.46. The second kappa shape index (κ2) is 8.27. The van der Waals surface area contributed by atoms with Crippen molar-refractivity contribution in [2.45, 2.75) is 57.0 Å². The molecule has 1 aromatic heterocycles. The molecule has 0 bridgehead atoms. The number of methoxy groups -OCH3 is 1. The van der Waals surface area contributed by atoms with Crippen molar-refractivity contribution < 1.29 is 23.8 Å². The van der Waals surface area contributed by atoms with E-state index in [1.54, 1.807) is 18.2 Å². The quantitative estimate of drug-likeness (QED) is 0.800. The molecular weight excluding hydrogens is 372 g/mol. The van der Waals surface area contributed by atoms with Gasteiger partial charge in [-0.05, 0) is 49.4 Å². The highest BCUT2D eigenvalue weighted by atomic mass is 16.5. The third-order valence-corrected chi connectivity index (χ3v) is 6.14. The van der Waals surface area contributed by atoms with Gasteiger partial charge in [-0.1, -0.05) is 12.8 Å². The van der Waals surface area contributed by atoms with Gasteiger partial charge in [0.25, 0.3) is 0 Å². The minimum Gasteiger partial charge on any atom is -0.497 e. The van der Waals surface area contributed by atoms with Crippen LogP contribution in [0.1, 0.15) is 44.4 Å². The molecule has 3 atom stereocenters. The lowest BCUT2D eigenvalue weighted by atomic mass is 9.84. The topological polar surface area (TPSA) is 92.9 Å². The molecule has 2 aromatic rings. The van der Waals surface area contributed by atoms with E-state index in [4.69, 9.17) is 9.15 Å². The molecule has 4 rings (SSSR count). The van der Waals surface area contributed by atoms with Gasteiger partial charge in [-0.25, -0.2) is 9.78 Å². The van der Waals surface area contributed by atoms with Crippen molar-refractivity contribution in [3.63, 3.8) is 0 Å². The van der Waals surface area contributed by atoms with Crippen LogP contribution in [0.5, 0.6) is 5.75 Å². The van der Waals surface area contributed by atoms with Gasteiger partial charge in [0.05, 0.1) is 13.3 Å². The average molecular weight is 398 g/mol. The number of likely N-dealkylation sites (tertiary alicyclic amines) is 1. The van der Waals surface area contributed by atoms with Gasteiger partial charge in [0.2, 0.25) is 5.91 Å². The van der Waals surface area contributed by atoms with Crippen LogP contribution >= 0.6 is 0 Å². The highest BCUT2D eigenvalue weighted by molar-refractivity contribution is 5.85. The van der Waals surface area contributed by atoms with Crippen molar-refractivity contribution in [2.75, 3.05) is 7.11 Å². The van der Waals surface area contributed by atoms with E-state index in [-0.39, 0.29) is 18.4 Å². The number of hydrogen-bond donors (Lipinski definition) is 1. The van der Waals surface area contributed by atoms with Gasteiger partial charge in [-0.2, -0.15) is 0 Å². The van der Waals surface area contributed by atoms with Gasteiger partial charge in [0.1, 0.15) is 11.8 Å². The maximum atomic E-state index is 12.9. The molecule has 7 nitrogen and oxygen atoms in total. The van der Waals surface area contributed by atoms with Crippen LogP contribution in [0, 0.1) is 5.92 Å². The number of ether oxygens (including phenoxy) is 1. The third-order valence-electron chi connectivity index (χ3n) is 6.14. The summed E-state index contributed by atoms with van der Waals surface area (Å²) in [6.45, 7) is 0. The molecule has 2 aliphatic rings. The Kier molecular flexibility index (Phi) is 5.56. The van der Waals surface area contributed by atoms with E-state index in [1.807, 2.05) is 24.3 Å². The summed E-state index contributed by atoms with van der Waals surface area (Å²) in [7, 11) is 1.61. The van der Waals surface area contributed by atoms with E-state index in [9.17, 15) is 14.7 Å². The molecule has 0 spiro atoms. The Hall–Kier alpha value is -2.83. The van der Waals surface area contributed by atoms with Crippen LogP contribution < -0.4 is 4.74 Å². The number of benzene rings is 1. The van der Waals surface area contributed by atoms with Crippen LogP contribution in [0.3, 0.4) is 0 Å². The predicted molar refractivity (Wildman–Crippen MR) is 105 cm³/mol. The van der Waals surface area contributed by atoms with Crippen molar-refractivity contribution in [1.82, 2.24) is 9.88 Å². The Morgan fingerprint density at radius 2 is 2.00 bits per heavy atom. The minimum atomic E-state index is -0.898. The number of carboxylic acid groups (broad SMARTS) is 1. The summed E-state index contributed by atoms with van der Waals surface area (Å²) in [4.78, 5) is 30.5. The number of carbonyl (C=O) groups excluding carboxylic acids is 1. The van der Waals surface area contributed by atoms with Crippen LogP contribution in [0.2, 0.25) is 0 Å². The molecule has 2 heterocycles. The summed E-state index contributed by atoms with van der Waals surface area (Å²) >= 11 is 0. The lowest BCUT2D eigenvalue weighted by Gasteiger charge is -2.33. The van der Waals surface area contributed by atoms with E-state index in [1.165, 1.54) is 0 Å². The SMILES string of the molecule is COc1ccc(-c2cnc(CCC(=O)N3[C@H](C(=O)O)C[C@H]4CCCC[C@@H]43)o2)cc1. The monoisotopic (exact) mass is 398 g/mol. The first-order valence-corrected chi connectivity index (χ1v) is 10.2. The zero-order valence-electron chi connectivity index (χ0n) is 16.5. The first-order chi connectivity index (χ1) is 14.1. The highest BCUT2D eigenvalue weighted by Crippen LogP contribution is 2.40. The number of hydrogen-bond acceptors (Lipinski definition) is 5. The Morgan fingerprint density at radius 1 is 1.24 bits per heavy atom. The number of aryl methyl sites for hydroxylation is 1. The molecule has 1 aliphatic heterocycles. The summed E-state index contributed by atoms with van der Waals surface area (Å²) in [5.74, 6) is 1.18. The number of oxazole rings is 1. The Bertz CT molecular complexity index is 876. The molecule has 154 valence electrons. The Morgan fingerprint density at radius 3 is 2.72 bits per heavy atom. The summed E-state index contributed by atoms with van der Waals surface area (Å²) in [6, 6.07) is 6.84. The van der Waals surface area contributed by atoms with Crippen LogP contribution in [-0.4, -0.2) is 46.1 Å². The number of aliphatic carboxylic acids is 1. The van der Waals surface area contributed by atoms with Crippen LogP contribution in [-0.2, 0) is 16.0 Å². The molecule has 1 saturated heterocycles. The largest absolute Gasteiger partial charge is 0.497 e. The molecule has 1 aromatic carbocycles. The number of fused-ring (bicyclic) bond motifs is 1. The van der Waals surface area contributed by atoms with Crippen LogP contribution in [0.25, 0.3) is 11.3 Å². The standard InChI is InChI=1S/C22H26N2O5/c1-28-16-8-6-14(7-9-16)19-13-23-20(29-19)10-11-21(25)24-17-5-3-2-4-15(17)12-18(24)22(26)27/h6-9,13,15,17-18H,2-5,10-12H2,1H3,(H,26,27)/t15-,17+,18+/m1/s1. The van der Waals surface area contributed by atoms with Gasteiger partial charge in [-0.3, -0.25) is 4.79 Å². The number of amides is 1. The molecule has 2 fully saturated rings. The van der Waals surface area contributed by atoms with Crippen molar-refractivity contribution in [3.05, 3.63) is 36.4 Å². The van der Waals surface area contributed by atoms with E-state index < -0.39 is 12.0 Å². The van der Waals surface area contributed by atoms with Crippen molar-refractivity contribution in [1.29, 1.82) is 0 Å². The maximum absolute atomic E-state index is 12.9. The molecule has 1 saturated carbocycles. The predicted octanol–water partition coefficient (Wildman–Crippen LogP) is 3.53. The molecule has 0 radical (unpaired) electrons. The summed E-state index contributed by atoms with van der Waals surface area (Å²) in [5, 5.41) is 9.60. The Balaban J connectivity index is 1.41. The average Bonchev–Trinajstić information content (AvgIpc) is 3.37. The normalized spacial score (nSPS) is 23.6. The molecule has 7 heteroatoms. The highest BCUT2D eigenvalue weighted by Gasteiger charge is 2.47. The fraction of sp³-hybridized carbons (Fsp3) is 0.500. The zero-order valence-corrected chi connectivity index (χ0v) is 16.5. The number of aromatic nitrogens is 1. The molecule has 29 heavy (non-hydrogen) atoms. The van der Waals surface area contributed by atoms with Gasteiger partial charge < -0.3 is 19.2 Å². The minimum absolute atomic E-state index is 0.0665. The van der Waals surface area contributed by atoms with E-state index in [2.05, 4.69) is 4.98 Å². The summed E-state index contributed by atoms with van der Waals surface area (Å²) < 4.78 is 11.0. The second-order valence-electron chi connectivity index (χ2n) is 7.85. The van der Waals surface area contributed by atoms with Crippen molar-refractivity contribution in [3.8, 4) is 17.1 Å². The first kappa shape index (κ1) is 19.5. The van der Waals surface area contributed by atoms with Gasteiger partial charge in [0, 0.05) is 24.4 Å². The molecule has 1 amide bonds. The van der Waals surface area contributed by atoms with Gasteiger partial charge >= 0.3 is 5.97 Å². The van der Waals surface area contributed by atoms with Gasteiger partial charge in [-0.15, -0.1) is 0 Å². The fourth-order valence-corrected chi connectivity index (χ4v) is 4.70. The molecule has 1 aliphatic carbocycles.